The summed E-state index contributed by atoms with van der Waals surface area (Å²) in [7, 11) is 0. The van der Waals surface area contributed by atoms with Crippen molar-refractivity contribution >= 4 is 0 Å². The molecule has 0 saturated carbocycles. The molecule has 0 saturated heterocycles. The van der Waals surface area contributed by atoms with Crippen LogP contribution in [0.15, 0.2) is 0 Å². The zero-order chi connectivity index (χ0) is 0. The van der Waals surface area contributed by atoms with Crippen LogP contribution in [-0.2, 0) is 0 Å². The van der Waals surface area contributed by atoms with Gasteiger partial charge in [-0.15, -0.1) is 0 Å². The van der Waals surface area contributed by atoms with Crippen molar-refractivity contribution in [3.05, 3.63) is 0 Å². The Hall–Kier alpha value is 1.22. The van der Waals surface area contributed by atoms with Gasteiger partial charge >= 0.3 is 0 Å². The molecule has 0 aromatic heterocycles. The van der Waals surface area contributed by atoms with Crippen molar-refractivity contribution in [1.82, 2.24) is 0 Å². The molecule has 3 nitrogen and oxygen atoms in total. The first-order valence-corrected chi connectivity index (χ1v) is 0. The number of hydrogen-bond acceptors (Lipinski definition) is 3. The molecule has 0 fully saturated rings. The Morgan fingerprint density at radius 3 is 0.500 bits per heavy atom. The number of rotatable bonds is 0. The molecule has 0 aromatic rings. The summed E-state index contributed by atoms with van der Waals surface area (Å²) in [6.07, 6.45) is 0. The van der Waals surface area contributed by atoms with Crippen LogP contribution in [0.3, 0.4) is 0 Å². The van der Waals surface area contributed by atoms with E-state index in [9.17, 15) is 0 Å². The van der Waals surface area contributed by atoms with E-state index < -0.39 is 0 Å². The van der Waals surface area contributed by atoms with Gasteiger partial charge in [0.2, 0.25) is 0 Å². The molecule has 0 heterocycles. The van der Waals surface area contributed by atoms with E-state index >= 15 is 0 Å². The third-order valence-electron chi connectivity index (χ3n) is 0. The third kappa shape index (κ3) is 10.7. The van der Waals surface area contributed by atoms with Gasteiger partial charge in [0, 0.05) is 40.4 Å². The molecule has 0 spiro atoms. The predicted octanol–water partition coefficient (Wildman–Crippen LogP) is -0.530. The Labute approximate surface area is 56.4 Å². The second-order valence-corrected chi connectivity index (χ2v) is 0. The zero-order valence-electron chi connectivity index (χ0n) is 1.79. The second kappa shape index (κ2) is 29.5. The molecule has 0 aromatic carbocycles. The van der Waals surface area contributed by atoms with Gasteiger partial charge in [-0.2, -0.15) is 0 Å². The van der Waals surface area contributed by atoms with Crippen LogP contribution in [0, 0.1) is 40.4 Å². The average Bonchev–Trinajstić information content (AvgIpc) is 0. The molecule has 1 radical (unpaired) electrons. The van der Waals surface area contributed by atoms with Crippen LogP contribution in [0.25, 0.3) is 0 Å². The van der Waals surface area contributed by atoms with E-state index in [4.69, 9.17) is 0 Å². The van der Waals surface area contributed by atoms with E-state index in [1.807, 2.05) is 0 Å². The van der Waals surface area contributed by atoms with E-state index in [1.54, 1.807) is 0 Å². The first-order chi connectivity index (χ1) is 0. The third-order valence-corrected chi connectivity index (χ3v) is 0. The van der Waals surface area contributed by atoms with Crippen molar-refractivity contribution in [3.8, 4) is 0 Å². The molecule has 29 valence electrons. The molecule has 4 heavy (non-hydrogen) atoms. The molecule has 0 bridgehead atoms. The summed E-state index contributed by atoms with van der Waals surface area (Å²) in [5.41, 5.74) is 0. The molecule has 0 atom stereocenters. The van der Waals surface area contributed by atoms with E-state index in [2.05, 4.69) is 0 Å². The molecule has 0 aliphatic heterocycles. The van der Waals surface area contributed by atoms with Crippen molar-refractivity contribution < 1.29 is 56.8 Å². The molecule has 0 unspecified atom stereocenters. The summed E-state index contributed by atoms with van der Waals surface area (Å²) in [5.74, 6) is 0. The van der Waals surface area contributed by atoms with Crippen molar-refractivity contribution in [1.29, 1.82) is 0 Å². The van der Waals surface area contributed by atoms with Gasteiger partial charge in [-0.3, -0.25) is 0 Å². The Balaban J connectivity index is 0. The molecule has 0 aliphatic rings. The molecular formula is H3O3Pm-3. The van der Waals surface area contributed by atoms with Gasteiger partial charge in [0.15, 0.2) is 0 Å². The summed E-state index contributed by atoms with van der Waals surface area (Å²) in [5, 5.41) is 0. The van der Waals surface area contributed by atoms with Crippen molar-refractivity contribution in [2.45, 2.75) is 0 Å². The maximum absolute atomic E-state index is 0. The van der Waals surface area contributed by atoms with Gasteiger partial charge < -0.3 is 16.4 Å². The normalized spacial score (nSPS) is 0. The summed E-state index contributed by atoms with van der Waals surface area (Å²) in [6, 6.07) is 0. The summed E-state index contributed by atoms with van der Waals surface area (Å²) < 4.78 is 0. The van der Waals surface area contributed by atoms with Gasteiger partial charge in [-0.25, -0.2) is 0 Å². The Kier molecular flexibility index (Phi) is 461. The molecule has 0 rings (SSSR count). The minimum absolute atomic E-state index is 0. The van der Waals surface area contributed by atoms with Gasteiger partial charge in [0.25, 0.3) is 0 Å². The van der Waals surface area contributed by atoms with E-state index in [1.165, 1.54) is 0 Å². The zero-order valence-corrected chi connectivity index (χ0v) is 4.66. The summed E-state index contributed by atoms with van der Waals surface area (Å²) >= 11 is 0. The Morgan fingerprint density at radius 1 is 0.500 bits per heavy atom. The van der Waals surface area contributed by atoms with Crippen LogP contribution >= 0.6 is 0 Å². The van der Waals surface area contributed by atoms with E-state index in [-0.39, 0.29) is 56.8 Å². The Morgan fingerprint density at radius 2 is 0.500 bits per heavy atom. The molecular weight excluding hydrogens is 193 g/mol. The van der Waals surface area contributed by atoms with Gasteiger partial charge in [0.1, 0.15) is 0 Å². The maximum atomic E-state index is 0. The second-order valence-electron chi connectivity index (χ2n) is 0. The van der Waals surface area contributed by atoms with Crippen LogP contribution in [-0.4, -0.2) is 16.4 Å². The standard InChI is InChI=1S/3H2O.Pm/h3*1H2;/p-3. The minimum atomic E-state index is 0. The van der Waals surface area contributed by atoms with Gasteiger partial charge in [-0.1, -0.05) is 0 Å². The SMILES string of the molecule is [OH-].[OH-].[OH-].[Pm]. The van der Waals surface area contributed by atoms with Crippen molar-refractivity contribution in [3.63, 3.8) is 0 Å². The van der Waals surface area contributed by atoms with Crippen molar-refractivity contribution in [2.75, 3.05) is 0 Å². The first-order valence-electron chi connectivity index (χ1n) is 0. The van der Waals surface area contributed by atoms with Crippen LogP contribution in [0.2, 0.25) is 0 Å². The van der Waals surface area contributed by atoms with Crippen LogP contribution in [0.4, 0.5) is 0 Å². The maximum Gasteiger partial charge on any atom is 0 e. The molecule has 4 heteroatoms. The largest absolute Gasteiger partial charge is 0.870 e. The Bertz CT molecular complexity index is 3.25. The fourth-order valence-electron chi connectivity index (χ4n) is 0. The molecule has 0 aliphatic carbocycles. The quantitative estimate of drug-likeness (QED) is 0.521. The summed E-state index contributed by atoms with van der Waals surface area (Å²) in [6.45, 7) is 0. The van der Waals surface area contributed by atoms with Crippen molar-refractivity contribution in [2.24, 2.45) is 0 Å². The summed E-state index contributed by atoms with van der Waals surface area (Å²) in [4.78, 5) is 0. The molecule has 3 N–H and O–H groups in total. The topological polar surface area (TPSA) is 90.0 Å². The fourth-order valence-corrected chi connectivity index (χ4v) is 0. The van der Waals surface area contributed by atoms with E-state index in [0.717, 1.165) is 0 Å². The smallest absolute Gasteiger partial charge is 0 e. The van der Waals surface area contributed by atoms with Gasteiger partial charge in [-0.05, 0) is 0 Å². The van der Waals surface area contributed by atoms with E-state index in [0.29, 0.717) is 0 Å². The minimum Gasteiger partial charge on any atom is -0.870 e. The number of hydrogen-bond donors (Lipinski definition) is 0. The van der Waals surface area contributed by atoms with Crippen LogP contribution < -0.4 is 0 Å². The fraction of sp³-hybridized carbons (Fsp3) is 0. The van der Waals surface area contributed by atoms with Gasteiger partial charge in [0.05, 0.1) is 0 Å². The predicted molar refractivity (Wildman–Crippen MR) is 5.81 cm³/mol. The first kappa shape index (κ1) is 62.6. The average molecular weight is 196 g/mol. The van der Waals surface area contributed by atoms with Crippen LogP contribution in [0.1, 0.15) is 0 Å². The monoisotopic (exact) mass is 196 g/mol. The van der Waals surface area contributed by atoms with Crippen LogP contribution in [0.5, 0.6) is 0 Å². The molecule has 0 amide bonds.